The Kier molecular flexibility index (Phi) is 6.56. The number of rotatable bonds is 9. The van der Waals surface area contributed by atoms with Crippen LogP contribution < -0.4 is 29.6 Å². The summed E-state index contributed by atoms with van der Waals surface area (Å²) in [7, 11) is 0. The molecule has 0 spiro atoms. The number of para-hydroxylation sites is 2. The number of carbonyl (C=O) groups is 2. The minimum absolute atomic E-state index is 0.139. The molecule has 3 rings (SSSR count). The van der Waals surface area contributed by atoms with E-state index in [4.69, 9.17) is 18.9 Å². The fraction of sp³-hybridized carbons (Fsp3) is 0.300. The van der Waals surface area contributed by atoms with Crippen molar-refractivity contribution in [1.29, 1.82) is 0 Å². The molecule has 2 N–H and O–H groups in total. The van der Waals surface area contributed by atoms with Gasteiger partial charge in [-0.2, -0.15) is 0 Å². The summed E-state index contributed by atoms with van der Waals surface area (Å²) in [6, 6.07) is 12.1. The molecule has 0 saturated carbocycles. The first-order chi connectivity index (χ1) is 13.7. The second-order valence-electron chi connectivity index (χ2n) is 5.84. The van der Waals surface area contributed by atoms with Crippen LogP contribution >= 0.6 is 0 Å². The van der Waals surface area contributed by atoms with Crippen molar-refractivity contribution in [2.24, 2.45) is 0 Å². The molecule has 1 aliphatic heterocycles. The molecular weight excluding hydrogens is 364 g/mol. The molecule has 0 saturated heterocycles. The maximum atomic E-state index is 12.1. The van der Waals surface area contributed by atoms with Gasteiger partial charge in [0, 0.05) is 18.7 Å². The monoisotopic (exact) mass is 386 g/mol. The Morgan fingerprint density at radius 3 is 2.46 bits per heavy atom. The second kappa shape index (κ2) is 9.50. The molecule has 0 radical (unpaired) electrons. The van der Waals surface area contributed by atoms with Crippen LogP contribution in [0.25, 0.3) is 0 Å². The molecule has 0 aliphatic carbocycles. The van der Waals surface area contributed by atoms with Crippen molar-refractivity contribution in [3.8, 4) is 23.0 Å². The molecular formula is C20H22N2O6. The number of hydrogen-bond acceptors (Lipinski definition) is 6. The maximum Gasteiger partial charge on any atom is 0.258 e. The predicted molar refractivity (Wildman–Crippen MR) is 101 cm³/mol. The molecule has 8 heteroatoms. The van der Waals surface area contributed by atoms with E-state index in [0.717, 1.165) is 0 Å². The van der Waals surface area contributed by atoms with Crippen LogP contribution in [0, 0.1) is 0 Å². The molecule has 1 aliphatic rings. The summed E-state index contributed by atoms with van der Waals surface area (Å²) in [5, 5.41) is 5.42. The highest BCUT2D eigenvalue weighted by Gasteiger charge is 2.16. The summed E-state index contributed by atoms with van der Waals surface area (Å²) < 4.78 is 21.4. The number of ether oxygens (including phenoxy) is 4. The Morgan fingerprint density at radius 2 is 1.68 bits per heavy atom. The summed E-state index contributed by atoms with van der Waals surface area (Å²) in [6.07, 6.45) is 0. The van der Waals surface area contributed by atoms with Crippen LogP contribution in [0.4, 0.5) is 0 Å². The third-order valence-electron chi connectivity index (χ3n) is 3.88. The Balaban J connectivity index is 1.37. The molecule has 2 aromatic carbocycles. The number of nitrogens with one attached hydrogen (secondary N) is 2. The number of carbonyl (C=O) groups excluding carboxylic acids is 2. The summed E-state index contributed by atoms with van der Waals surface area (Å²) in [4.78, 5) is 24.0. The highest BCUT2D eigenvalue weighted by atomic mass is 16.7. The van der Waals surface area contributed by atoms with Crippen LogP contribution in [0.1, 0.15) is 17.3 Å². The van der Waals surface area contributed by atoms with Crippen LogP contribution in [0.5, 0.6) is 23.0 Å². The maximum absolute atomic E-state index is 12.1. The SMILES string of the molecule is CCOc1ccccc1OCC(=O)NCCNC(=O)c1ccc2c(c1)OCO2. The van der Waals surface area contributed by atoms with E-state index >= 15 is 0 Å². The molecule has 0 aromatic heterocycles. The molecule has 0 unspecified atom stereocenters. The van der Waals surface area contributed by atoms with Crippen LogP contribution in [0.3, 0.4) is 0 Å². The lowest BCUT2D eigenvalue weighted by Gasteiger charge is -2.12. The van der Waals surface area contributed by atoms with Crippen molar-refractivity contribution in [2.75, 3.05) is 33.1 Å². The van der Waals surface area contributed by atoms with Gasteiger partial charge in [-0.25, -0.2) is 0 Å². The van der Waals surface area contributed by atoms with E-state index < -0.39 is 0 Å². The average molecular weight is 386 g/mol. The lowest BCUT2D eigenvalue weighted by atomic mass is 10.2. The van der Waals surface area contributed by atoms with E-state index in [1.54, 1.807) is 36.4 Å². The molecule has 0 atom stereocenters. The molecule has 1 heterocycles. The van der Waals surface area contributed by atoms with Gasteiger partial charge in [-0.3, -0.25) is 9.59 Å². The predicted octanol–water partition coefficient (Wildman–Crippen LogP) is 1.74. The summed E-state index contributed by atoms with van der Waals surface area (Å²) >= 11 is 0. The molecule has 28 heavy (non-hydrogen) atoms. The van der Waals surface area contributed by atoms with Crippen molar-refractivity contribution in [1.82, 2.24) is 10.6 Å². The molecule has 148 valence electrons. The fourth-order valence-electron chi connectivity index (χ4n) is 2.56. The van der Waals surface area contributed by atoms with Gasteiger partial charge < -0.3 is 29.6 Å². The van der Waals surface area contributed by atoms with E-state index in [1.165, 1.54) is 0 Å². The van der Waals surface area contributed by atoms with Crippen molar-refractivity contribution >= 4 is 11.8 Å². The zero-order valence-corrected chi connectivity index (χ0v) is 15.5. The van der Waals surface area contributed by atoms with Gasteiger partial charge in [0.1, 0.15) is 0 Å². The van der Waals surface area contributed by atoms with Gasteiger partial charge in [0.2, 0.25) is 6.79 Å². The first-order valence-corrected chi connectivity index (χ1v) is 8.96. The normalized spacial score (nSPS) is 11.6. The van der Waals surface area contributed by atoms with Crippen LogP contribution in [-0.2, 0) is 4.79 Å². The van der Waals surface area contributed by atoms with Gasteiger partial charge in [0.25, 0.3) is 11.8 Å². The third-order valence-corrected chi connectivity index (χ3v) is 3.88. The topological polar surface area (TPSA) is 95.1 Å². The number of fused-ring (bicyclic) bond motifs is 1. The summed E-state index contributed by atoms with van der Waals surface area (Å²) in [5.41, 5.74) is 0.464. The first-order valence-electron chi connectivity index (χ1n) is 8.96. The Labute approximate surface area is 162 Å². The molecule has 2 amide bonds. The van der Waals surface area contributed by atoms with Crippen LogP contribution in [0.2, 0.25) is 0 Å². The number of benzene rings is 2. The van der Waals surface area contributed by atoms with E-state index in [0.29, 0.717) is 35.2 Å². The standard InChI is InChI=1S/C20H22N2O6/c1-2-25-15-5-3-4-6-16(15)26-12-19(23)21-9-10-22-20(24)14-7-8-17-18(11-14)28-13-27-17/h3-8,11H,2,9-10,12-13H2,1H3,(H,21,23)(H,22,24). The molecule has 2 aromatic rings. The van der Waals surface area contributed by atoms with Crippen molar-refractivity contribution in [3.63, 3.8) is 0 Å². The highest BCUT2D eigenvalue weighted by Crippen LogP contribution is 2.32. The molecule has 0 bridgehead atoms. The summed E-state index contributed by atoms with van der Waals surface area (Å²) in [5.74, 6) is 1.72. The summed E-state index contributed by atoms with van der Waals surface area (Å²) in [6.45, 7) is 2.97. The van der Waals surface area contributed by atoms with Crippen molar-refractivity contribution in [2.45, 2.75) is 6.92 Å². The van der Waals surface area contributed by atoms with Gasteiger partial charge >= 0.3 is 0 Å². The zero-order valence-electron chi connectivity index (χ0n) is 15.5. The van der Waals surface area contributed by atoms with E-state index in [-0.39, 0.29) is 38.3 Å². The van der Waals surface area contributed by atoms with E-state index in [1.807, 2.05) is 13.0 Å². The number of hydrogen-bond donors (Lipinski definition) is 2. The second-order valence-corrected chi connectivity index (χ2v) is 5.84. The average Bonchev–Trinajstić information content (AvgIpc) is 3.18. The largest absolute Gasteiger partial charge is 0.490 e. The van der Waals surface area contributed by atoms with Crippen molar-refractivity contribution in [3.05, 3.63) is 48.0 Å². The van der Waals surface area contributed by atoms with Crippen molar-refractivity contribution < 1.29 is 28.5 Å². The lowest BCUT2D eigenvalue weighted by molar-refractivity contribution is -0.123. The first kappa shape index (κ1) is 19.3. The third kappa shape index (κ3) is 5.06. The Hall–Kier alpha value is -3.42. The van der Waals surface area contributed by atoms with Crippen LogP contribution in [-0.4, -0.2) is 44.9 Å². The van der Waals surface area contributed by atoms with Crippen LogP contribution in [0.15, 0.2) is 42.5 Å². The number of amides is 2. The Morgan fingerprint density at radius 1 is 0.964 bits per heavy atom. The van der Waals surface area contributed by atoms with E-state index in [2.05, 4.69) is 10.6 Å². The minimum atomic E-state index is -0.288. The highest BCUT2D eigenvalue weighted by molar-refractivity contribution is 5.95. The van der Waals surface area contributed by atoms with Gasteiger partial charge in [-0.1, -0.05) is 12.1 Å². The smallest absolute Gasteiger partial charge is 0.258 e. The minimum Gasteiger partial charge on any atom is -0.490 e. The van der Waals surface area contributed by atoms with E-state index in [9.17, 15) is 9.59 Å². The molecule has 8 nitrogen and oxygen atoms in total. The Bertz CT molecular complexity index is 839. The lowest BCUT2D eigenvalue weighted by Crippen LogP contribution is -2.36. The molecule has 0 fully saturated rings. The fourth-order valence-corrected chi connectivity index (χ4v) is 2.56. The quantitative estimate of drug-likeness (QED) is 0.638. The van der Waals surface area contributed by atoms with Gasteiger partial charge in [-0.15, -0.1) is 0 Å². The van der Waals surface area contributed by atoms with Gasteiger partial charge in [0.05, 0.1) is 6.61 Å². The zero-order chi connectivity index (χ0) is 19.8. The van der Waals surface area contributed by atoms with Gasteiger partial charge in [-0.05, 0) is 37.3 Å². The van der Waals surface area contributed by atoms with Gasteiger partial charge in [0.15, 0.2) is 29.6 Å².